The molecule has 13 heteroatoms. The van der Waals surface area contributed by atoms with Crippen LogP contribution in [0.25, 0.3) is 21.5 Å². The molecule has 51 heavy (non-hydrogen) atoms. The number of carbonyl (C=O) groups excluding carboxylic acids is 4. The highest BCUT2D eigenvalue weighted by Gasteiger charge is 2.34. The fourth-order valence-corrected chi connectivity index (χ4v) is 8.68. The minimum atomic E-state index is -0.297. The summed E-state index contributed by atoms with van der Waals surface area (Å²) in [6.07, 6.45) is 7.33. The molecule has 0 fully saturated rings. The molecule has 0 saturated carbocycles. The zero-order valence-electron chi connectivity index (χ0n) is 28.3. The molecule has 4 aromatic carbocycles. The first kappa shape index (κ1) is 34.6. The number of hydrogen-bond donors (Lipinski definition) is 3. The summed E-state index contributed by atoms with van der Waals surface area (Å²) in [7, 11) is 4.95. The summed E-state index contributed by atoms with van der Waals surface area (Å²) in [6, 6.07) is 18.6. The lowest BCUT2D eigenvalue weighted by Gasteiger charge is -2.28. The van der Waals surface area contributed by atoms with Gasteiger partial charge in [-0.1, -0.05) is 45.9 Å². The number of imide groups is 2. The summed E-state index contributed by atoms with van der Waals surface area (Å²) in [5.41, 5.74) is 3.92. The fourth-order valence-electron chi connectivity index (χ4n) is 6.77. The normalized spacial score (nSPS) is 13.9. The van der Waals surface area contributed by atoms with Gasteiger partial charge in [-0.3, -0.25) is 29.0 Å². The van der Waals surface area contributed by atoms with Crippen LogP contribution in [0.1, 0.15) is 54.3 Å². The lowest BCUT2D eigenvalue weighted by atomic mass is 9.93. The van der Waals surface area contributed by atoms with Gasteiger partial charge in [0.15, 0.2) is 0 Å². The van der Waals surface area contributed by atoms with Crippen LogP contribution >= 0.6 is 21.6 Å². The van der Waals surface area contributed by atoms with Gasteiger partial charge in [0.05, 0.1) is 6.33 Å². The Morgan fingerprint density at radius 2 is 1.12 bits per heavy atom. The second-order valence-corrected chi connectivity index (χ2v) is 15.1. The summed E-state index contributed by atoms with van der Waals surface area (Å²) in [5, 5.41) is 13.2. The van der Waals surface area contributed by atoms with Crippen molar-refractivity contribution < 1.29 is 19.2 Å². The molecule has 0 bridgehead atoms. The Kier molecular flexibility index (Phi) is 10.6. The third-order valence-electron chi connectivity index (χ3n) is 9.25. The number of aryl methyl sites for hydroxylation is 1. The van der Waals surface area contributed by atoms with Gasteiger partial charge in [-0.25, -0.2) is 4.98 Å². The van der Waals surface area contributed by atoms with Crippen molar-refractivity contribution in [2.45, 2.75) is 19.4 Å². The molecule has 11 nitrogen and oxygen atoms in total. The van der Waals surface area contributed by atoms with Crippen LogP contribution in [0.2, 0.25) is 0 Å². The lowest BCUT2D eigenvalue weighted by molar-refractivity contribution is 0.0605. The smallest absolute Gasteiger partial charge is 0.261 e. The highest BCUT2D eigenvalue weighted by atomic mass is 33.1. The van der Waals surface area contributed by atoms with Gasteiger partial charge in [0.25, 0.3) is 23.6 Å². The van der Waals surface area contributed by atoms with Crippen molar-refractivity contribution >= 4 is 78.1 Å². The first-order chi connectivity index (χ1) is 25.0. The van der Waals surface area contributed by atoms with Crippen LogP contribution in [-0.2, 0) is 6.54 Å². The number of amides is 4. The van der Waals surface area contributed by atoms with Crippen molar-refractivity contribution in [3.63, 3.8) is 0 Å². The average molecular weight is 722 g/mol. The first-order valence-electron chi connectivity index (χ1n) is 17.1. The van der Waals surface area contributed by atoms with Gasteiger partial charge in [0.1, 0.15) is 0 Å². The van der Waals surface area contributed by atoms with Crippen molar-refractivity contribution in [2.75, 3.05) is 61.9 Å². The van der Waals surface area contributed by atoms with Crippen molar-refractivity contribution in [3.8, 4) is 0 Å². The maximum Gasteiger partial charge on any atom is 0.261 e. The van der Waals surface area contributed by atoms with Crippen LogP contribution in [-0.4, -0.2) is 94.3 Å². The predicted octanol–water partition coefficient (Wildman–Crippen LogP) is 5.99. The van der Waals surface area contributed by atoms with Crippen LogP contribution in [0.15, 0.2) is 79.4 Å². The molecule has 0 unspecified atom stereocenters. The Hall–Kier alpha value is -4.85. The van der Waals surface area contributed by atoms with Gasteiger partial charge in [-0.05, 0) is 62.8 Å². The number of anilines is 2. The number of hydrogen-bond acceptors (Lipinski definition) is 10. The van der Waals surface area contributed by atoms with E-state index in [0.717, 1.165) is 61.2 Å². The van der Waals surface area contributed by atoms with E-state index in [9.17, 15) is 19.2 Å². The maximum absolute atomic E-state index is 13.6. The number of rotatable bonds is 17. The van der Waals surface area contributed by atoms with Gasteiger partial charge in [-0.2, -0.15) is 0 Å². The summed E-state index contributed by atoms with van der Waals surface area (Å²) >= 11 is 0. The zero-order valence-corrected chi connectivity index (χ0v) is 29.9. The molecule has 0 atom stereocenters. The lowest BCUT2D eigenvalue weighted by Crippen LogP contribution is -2.42. The Bertz CT molecular complexity index is 2080. The SMILES string of the molecule is CNCCCNc1ccc2c3c(cccc13)C(=O)N(CCSSCCN1C(=O)c3cccc4c(NCCCn5ccnc5)ccc(c34)C1=O)C2=O. The molecule has 5 aromatic rings. The van der Waals surface area contributed by atoms with Gasteiger partial charge in [0.2, 0.25) is 0 Å². The van der Waals surface area contributed by atoms with E-state index in [-0.39, 0.29) is 36.7 Å². The summed E-state index contributed by atoms with van der Waals surface area (Å²) in [4.78, 5) is 60.9. The Morgan fingerprint density at radius 1 is 0.608 bits per heavy atom. The Morgan fingerprint density at radius 3 is 1.61 bits per heavy atom. The zero-order chi connectivity index (χ0) is 35.3. The summed E-state index contributed by atoms with van der Waals surface area (Å²) < 4.78 is 2.03. The average Bonchev–Trinajstić information content (AvgIpc) is 3.67. The van der Waals surface area contributed by atoms with E-state index in [1.807, 2.05) is 66.3 Å². The molecule has 2 aliphatic heterocycles. The minimum Gasteiger partial charge on any atom is -0.384 e. The van der Waals surface area contributed by atoms with Crippen LogP contribution in [0, 0.1) is 0 Å². The van der Waals surface area contributed by atoms with Crippen molar-refractivity contribution in [2.24, 2.45) is 0 Å². The van der Waals surface area contributed by atoms with Gasteiger partial charge < -0.3 is 20.5 Å². The van der Waals surface area contributed by atoms with Crippen LogP contribution in [0.4, 0.5) is 11.4 Å². The van der Waals surface area contributed by atoms with E-state index >= 15 is 0 Å². The standard InChI is InChI=1S/C38H39N7O4S2/c1-39-14-4-15-41-31-12-10-29-33-25(31)6-2-8-27(33)35(46)44(37(29)48)20-22-50-51-23-21-45-36(47)28-9-3-7-26-32(13-11-30(34(26)28)38(45)49)42-16-5-18-43-19-17-40-24-43/h2-3,6-13,17,19,24,39,41-42H,4-5,14-16,18,20-23H2,1H3. The van der Waals surface area contributed by atoms with E-state index in [1.165, 1.54) is 31.4 Å². The summed E-state index contributed by atoms with van der Waals surface area (Å²) in [5.74, 6) is -0.148. The molecule has 3 heterocycles. The molecule has 4 amide bonds. The largest absolute Gasteiger partial charge is 0.384 e. The van der Waals surface area contributed by atoms with Crippen LogP contribution in [0.3, 0.4) is 0 Å². The van der Waals surface area contributed by atoms with Crippen LogP contribution < -0.4 is 16.0 Å². The second kappa shape index (κ2) is 15.6. The molecule has 0 spiro atoms. The quantitative estimate of drug-likeness (QED) is 0.0599. The first-order valence-corrected chi connectivity index (χ1v) is 19.6. The van der Waals surface area contributed by atoms with E-state index in [4.69, 9.17) is 0 Å². The molecule has 0 saturated heterocycles. The van der Waals surface area contributed by atoms with E-state index < -0.39 is 0 Å². The molecular weight excluding hydrogens is 683 g/mol. The number of benzene rings is 4. The van der Waals surface area contributed by atoms with Gasteiger partial charge in [0, 0.05) is 112 Å². The maximum atomic E-state index is 13.6. The number of nitrogens with zero attached hydrogens (tertiary/aromatic N) is 4. The molecule has 0 aliphatic carbocycles. The highest BCUT2D eigenvalue weighted by Crippen LogP contribution is 2.36. The Balaban J connectivity index is 0.925. The highest BCUT2D eigenvalue weighted by molar-refractivity contribution is 8.76. The molecular formula is C38H39N7O4S2. The number of imidazole rings is 1. The molecule has 1 aromatic heterocycles. The van der Waals surface area contributed by atoms with Crippen molar-refractivity contribution in [3.05, 3.63) is 102 Å². The topological polar surface area (TPSA) is 129 Å². The number of nitrogens with one attached hydrogen (secondary N) is 3. The molecule has 262 valence electrons. The number of aromatic nitrogens is 2. The Labute approximate surface area is 303 Å². The molecule has 7 rings (SSSR count). The fraction of sp³-hybridized carbons (Fsp3) is 0.289. The van der Waals surface area contributed by atoms with Crippen molar-refractivity contribution in [1.29, 1.82) is 0 Å². The molecule has 2 aliphatic rings. The van der Waals surface area contributed by atoms with E-state index in [2.05, 4.69) is 20.9 Å². The third kappa shape index (κ3) is 6.93. The minimum absolute atomic E-state index is 0.252. The second-order valence-electron chi connectivity index (χ2n) is 12.4. The molecule has 3 N–H and O–H groups in total. The van der Waals surface area contributed by atoms with E-state index in [1.54, 1.807) is 24.7 Å². The monoisotopic (exact) mass is 721 g/mol. The van der Waals surface area contributed by atoms with Crippen molar-refractivity contribution in [1.82, 2.24) is 24.7 Å². The van der Waals surface area contributed by atoms with Gasteiger partial charge >= 0.3 is 0 Å². The summed E-state index contributed by atoms with van der Waals surface area (Å²) in [6.45, 7) is 3.75. The van der Waals surface area contributed by atoms with E-state index in [0.29, 0.717) is 44.5 Å². The molecule has 0 radical (unpaired) electrons. The van der Waals surface area contributed by atoms with Crippen LogP contribution in [0.5, 0.6) is 0 Å². The predicted molar refractivity (Wildman–Crippen MR) is 206 cm³/mol. The third-order valence-corrected chi connectivity index (χ3v) is 11.6. The number of carbonyl (C=O) groups is 4. The van der Waals surface area contributed by atoms with Gasteiger partial charge in [-0.15, -0.1) is 0 Å².